The van der Waals surface area contributed by atoms with Crippen LogP contribution in [0.3, 0.4) is 0 Å². The van der Waals surface area contributed by atoms with Crippen molar-refractivity contribution in [3.63, 3.8) is 0 Å². The normalized spacial score (nSPS) is 11.5. The Morgan fingerprint density at radius 2 is 2.10 bits per heavy atom. The molecule has 0 saturated carbocycles. The zero-order valence-corrected chi connectivity index (χ0v) is 11.2. The van der Waals surface area contributed by atoms with E-state index in [1.807, 2.05) is 0 Å². The van der Waals surface area contributed by atoms with E-state index in [0.717, 1.165) is 6.07 Å². The highest BCUT2D eigenvalue weighted by atomic mass is 16.6. The van der Waals surface area contributed by atoms with Gasteiger partial charge in [0.05, 0.1) is 4.92 Å². The lowest BCUT2D eigenvalue weighted by molar-refractivity contribution is -0.383. The number of hydrogen-bond acceptors (Lipinski definition) is 5. The van der Waals surface area contributed by atoms with E-state index in [0.29, 0.717) is 6.54 Å². The molecule has 0 spiro atoms. The number of nitro benzene ring substituents is 1. The van der Waals surface area contributed by atoms with Crippen LogP contribution in [0, 0.1) is 10.1 Å². The Hall–Kier alpha value is -2.64. The zero-order valence-electron chi connectivity index (χ0n) is 11.2. The molecule has 8 heteroatoms. The van der Waals surface area contributed by atoms with Gasteiger partial charge < -0.3 is 16.4 Å². The largest absolute Gasteiger partial charge is 0.393 e. The summed E-state index contributed by atoms with van der Waals surface area (Å²) in [6.07, 6.45) is 0. The Kier molecular flexibility index (Phi) is 5.01. The van der Waals surface area contributed by atoms with Crippen LogP contribution in [0.4, 0.5) is 11.4 Å². The van der Waals surface area contributed by atoms with E-state index < -0.39 is 16.9 Å². The average molecular weight is 280 g/mol. The second kappa shape index (κ2) is 6.50. The summed E-state index contributed by atoms with van der Waals surface area (Å²) in [6, 6.07) is 2.99. The van der Waals surface area contributed by atoms with Gasteiger partial charge in [0.15, 0.2) is 0 Å². The number of hydrogen-bond donors (Lipinski definition) is 3. The standard InChI is InChI=1S/C12H16N4O4/c1-3-14-11(17)7(2)15-12(18)8-4-5-9(13)10(6-8)16(19)20/h4-7H,3,13H2,1-2H3,(H,14,17)(H,15,18). The van der Waals surface area contributed by atoms with Crippen LogP contribution in [0.1, 0.15) is 24.2 Å². The summed E-state index contributed by atoms with van der Waals surface area (Å²) < 4.78 is 0. The molecule has 0 heterocycles. The van der Waals surface area contributed by atoms with Gasteiger partial charge in [0.1, 0.15) is 11.7 Å². The number of amides is 2. The first kappa shape index (κ1) is 15.4. The van der Waals surface area contributed by atoms with Crippen molar-refractivity contribution in [3.05, 3.63) is 33.9 Å². The van der Waals surface area contributed by atoms with Gasteiger partial charge in [-0.25, -0.2) is 0 Å². The highest BCUT2D eigenvalue weighted by Crippen LogP contribution is 2.22. The quantitative estimate of drug-likeness (QED) is 0.409. The molecule has 8 nitrogen and oxygen atoms in total. The summed E-state index contributed by atoms with van der Waals surface area (Å²) >= 11 is 0. The second-order valence-electron chi connectivity index (χ2n) is 4.12. The third-order valence-corrected chi connectivity index (χ3v) is 2.58. The van der Waals surface area contributed by atoms with Gasteiger partial charge in [-0.05, 0) is 26.0 Å². The van der Waals surface area contributed by atoms with Crippen LogP contribution >= 0.6 is 0 Å². The molecule has 0 aliphatic carbocycles. The van der Waals surface area contributed by atoms with Gasteiger partial charge >= 0.3 is 0 Å². The van der Waals surface area contributed by atoms with Gasteiger partial charge in [0, 0.05) is 18.2 Å². The van der Waals surface area contributed by atoms with Crippen LogP contribution in [-0.2, 0) is 4.79 Å². The number of carbonyl (C=O) groups is 2. The van der Waals surface area contributed by atoms with Gasteiger partial charge in [-0.3, -0.25) is 19.7 Å². The molecule has 1 unspecified atom stereocenters. The Labute approximate surface area is 115 Å². The Bertz CT molecular complexity index is 544. The number of rotatable bonds is 5. The fourth-order valence-electron chi connectivity index (χ4n) is 1.52. The minimum Gasteiger partial charge on any atom is -0.393 e. The van der Waals surface area contributed by atoms with Crippen molar-refractivity contribution in [1.29, 1.82) is 0 Å². The molecule has 1 atom stereocenters. The lowest BCUT2D eigenvalue weighted by Gasteiger charge is -2.13. The minimum atomic E-state index is -0.737. The van der Waals surface area contributed by atoms with Gasteiger partial charge in [0.2, 0.25) is 5.91 Å². The van der Waals surface area contributed by atoms with Crippen molar-refractivity contribution in [1.82, 2.24) is 10.6 Å². The third-order valence-electron chi connectivity index (χ3n) is 2.58. The SMILES string of the molecule is CCNC(=O)C(C)NC(=O)c1ccc(N)c([N+](=O)[O-])c1. The summed E-state index contributed by atoms with van der Waals surface area (Å²) in [5.74, 6) is -0.905. The van der Waals surface area contributed by atoms with Crippen molar-refractivity contribution >= 4 is 23.2 Å². The van der Waals surface area contributed by atoms with Crippen LogP contribution in [0.25, 0.3) is 0 Å². The number of anilines is 1. The summed E-state index contributed by atoms with van der Waals surface area (Å²) in [6.45, 7) is 3.73. The van der Waals surface area contributed by atoms with Crippen molar-refractivity contribution in [2.75, 3.05) is 12.3 Å². The van der Waals surface area contributed by atoms with E-state index in [4.69, 9.17) is 5.73 Å². The van der Waals surface area contributed by atoms with Crippen LogP contribution in [0.5, 0.6) is 0 Å². The summed E-state index contributed by atoms with van der Waals surface area (Å²) in [4.78, 5) is 33.5. The minimum absolute atomic E-state index is 0.0247. The zero-order chi connectivity index (χ0) is 15.3. The molecule has 0 aliphatic rings. The fourth-order valence-corrected chi connectivity index (χ4v) is 1.52. The highest BCUT2D eigenvalue weighted by molar-refractivity contribution is 5.98. The highest BCUT2D eigenvalue weighted by Gasteiger charge is 2.19. The molecular formula is C12H16N4O4. The van der Waals surface area contributed by atoms with E-state index in [1.165, 1.54) is 19.1 Å². The maximum absolute atomic E-state index is 11.9. The molecule has 4 N–H and O–H groups in total. The van der Waals surface area contributed by atoms with E-state index in [9.17, 15) is 19.7 Å². The monoisotopic (exact) mass is 280 g/mol. The Morgan fingerprint density at radius 1 is 1.45 bits per heavy atom. The number of likely N-dealkylation sites (N-methyl/N-ethyl adjacent to an activating group) is 1. The van der Waals surface area contributed by atoms with Crippen molar-refractivity contribution in [3.8, 4) is 0 Å². The summed E-state index contributed by atoms with van der Waals surface area (Å²) in [5.41, 5.74) is 5.14. The van der Waals surface area contributed by atoms with Crippen molar-refractivity contribution in [2.45, 2.75) is 19.9 Å². The van der Waals surface area contributed by atoms with Crippen LogP contribution in [0.2, 0.25) is 0 Å². The van der Waals surface area contributed by atoms with Gasteiger partial charge in [-0.15, -0.1) is 0 Å². The van der Waals surface area contributed by atoms with Crippen molar-refractivity contribution < 1.29 is 14.5 Å². The number of nitrogens with one attached hydrogen (secondary N) is 2. The van der Waals surface area contributed by atoms with Gasteiger partial charge in [-0.1, -0.05) is 0 Å². The van der Waals surface area contributed by atoms with E-state index in [2.05, 4.69) is 10.6 Å². The van der Waals surface area contributed by atoms with Crippen LogP contribution < -0.4 is 16.4 Å². The molecule has 2 amide bonds. The maximum atomic E-state index is 11.9. The molecule has 1 aromatic carbocycles. The topological polar surface area (TPSA) is 127 Å². The number of nitro groups is 1. The lowest BCUT2D eigenvalue weighted by Crippen LogP contribution is -2.44. The summed E-state index contributed by atoms with van der Waals surface area (Å²) in [7, 11) is 0. The third kappa shape index (κ3) is 3.67. The molecular weight excluding hydrogens is 264 g/mol. The first-order valence-electron chi connectivity index (χ1n) is 5.99. The molecule has 0 bridgehead atoms. The predicted molar refractivity (Wildman–Crippen MR) is 73.1 cm³/mol. The number of benzene rings is 1. The van der Waals surface area contributed by atoms with Gasteiger partial charge in [0.25, 0.3) is 11.6 Å². The maximum Gasteiger partial charge on any atom is 0.292 e. The molecule has 20 heavy (non-hydrogen) atoms. The molecule has 0 aromatic heterocycles. The Morgan fingerprint density at radius 3 is 2.65 bits per heavy atom. The van der Waals surface area contributed by atoms with Gasteiger partial charge in [-0.2, -0.15) is 0 Å². The number of nitrogens with two attached hydrogens (primary N) is 1. The van der Waals surface area contributed by atoms with E-state index in [-0.39, 0.29) is 22.8 Å². The summed E-state index contributed by atoms with van der Waals surface area (Å²) in [5, 5.41) is 15.8. The fraction of sp³-hybridized carbons (Fsp3) is 0.333. The molecule has 1 rings (SSSR count). The first-order valence-corrected chi connectivity index (χ1v) is 5.99. The second-order valence-corrected chi connectivity index (χ2v) is 4.12. The van der Waals surface area contributed by atoms with Crippen LogP contribution in [-0.4, -0.2) is 29.3 Å². The smallest absolute Gasteiger partial charge is 0.292 e. The number of nitrogens with zero attached hydrogens (tertiary/aromatic N) is 1. The first-order chi connectivity index (χ1) is 9.36. The molecule has 1 aromatic rings. The Balaban J connectivity index is 2.85. The molecule has 0 saturated heterocycles. The van der Waals surface area contributed by atoms with E-state index in [1.54, 1.807) is 6.92 Å². The number of carbonyl (C=O) groups excluding carboxylic acids is 2. The van der Waals surface area contributed by atoms with Crippen molar-refractivity contribution in [2.24, 2.45) is 0 Å². The molecule has 0 fully saturated rings. The van der Waals surface area contributed by atoms with Crippen LogP contribution in [0.15, 0.2) is 18.2 Å². The molecule has 0 radical (unpaired) electrons. The average Bonchev–Trinajstić information content (AvgIpc) is 2.38. The molecule has 108 valence electrons. The predicted octanol–water partition coefficient (Wildman–Crippen LogP) is 0.431. The molecule has 0 aliphatic heterocycles. The number of nitrogen functional groups attached to an aromatic ring is 1. The lowest BCUT2D eigenvalue weighted by atomic mass is 10.1. The van der Waals surface area contributed by atoms with E-state index >= 15 is 0 Å².